The molecule has 0 heterocycles. The summed E-state index contributed by atoms with van der Waals surface area (Å²) in [6, 6.07) is 7.46. The van der Waals surface area contributed by atoms with Gasteiger partial charge in [0.2, 0.25) is 0 Å². The van der Waals surface area contributed by atoms with Gasteiger partial charge in [0.25, 0.3) is 0 Å². The molecule has 0 amide bonds. The molecule has 0 saturated heterocycles. The minimum atomic E-state index is -4.34. The van der Waals surface area contributed by atoms with Crippen LogP contribution in [0.4, 0.5) is 0 Å². The maximum atomic E-state index is 11.4. The molecule has 1 aliphatic carbocycles. The molecule has 1 aromatic carbocycles. The first-order valence-corrected chi connectivity index (χ1v) is 7.10. The lowest BCUT2D eigenvalue weighted by Crippen LogP contribution is -2.33. The van der Waals surface area contributed by atoms with Gasteiger partial charge in [0.1, 0.15) is 6.04 Å². The number of aliphatic carboxylic acids is 1. The second-order valence-corrected chi connectivity index (χ2v) is 6.23. The lowest BCUT2D eigenvalue weighted by Gasteiger charge is -2.05. The zero-order valence-electron chi connectivity index (χ0n) is 9.38. The smallest absolute Gasteiger partial charge is 0.329 e. The van der Waals surface area contributed by atoms with Crippen molar-refractivity contribution in [1.29, 1.82) is 0 Å². The van der Waals surface area contributed by atoms with Gasteiger partial charge in [0.05, 0.1) is 5.66 Å². The average Bonchev–Trinajstić information content (AvgIpc) is 3.03. The lowest BCUT2D eigenvalue weighted by atomic mass is 10.1. The van der Waals surface area contributed by atoms with Crippen molar-refractivity contribution in [2.75, 3.05) is 0 Å². The van der Waals surface area contributed by atoms with Gasteiger partial charge < -0.3 is 20.6 Å². The van der Waals surface area contributed by atoms with Crippen molar-refractivity contribution in [3.8, 4) is 0 Å². The van der Waals surface area contributed by atoms with E-state index < -0.39 is 37.1 Å². The Bertz CT molecular complexity index is 499. The molecule has 0 bridgehead atoms. The van der Waals surface area contributed by atoms with Crippen LogP contribution in [0.15, 0.2) is 30.3 Å². The van der Waals surface area contributed by atoms with Crippen LogP contribution >= 0.6 is 7.60 Å². The van der Waals surface area contributed by atoms with Gasteiger partial charge in [-0.2, -0.15) is 0 Å². The largest absolute Gasteiger partial charge is 0.480 e. The van der Waals surface area contributed by atoms with Crippen LogP contribution in [0.3, 0.4) is 0 Å². The van der Waals surface area contributed by atoms with Gasteiger partial charge in [-0.3, -0.25) is 9.36 Å². The molecule has 7 heteroatoms. The van der Waals surface area contributed by atoms with Crippen molar-refractivity contribution in [3.63, 3.8) is 0 Å². The summed E-state index contributed by atoms with van der Waals surface area (Å²) in [6.45, 7) is 0. The summed E-state index contributed by atoms with van der Waals surface area (Å²) < 4.78 is 11.4. The summed E-state index contributed by atoms with van der Waals surface area (Å²) in [4.78, 5) is 29.4. The molecule has 0 unspecified atom stereocenters. The fraction of sp³-hybridized carbons (Fsp3) is 0.364. The van der Waals surface area contributed by atoms with E-state index in [9.17, 15) is 19.1 Å². The van der Waals surface area contributed by atoms with Gasteiger partial charge in [-0.15, -0.1) is 0 Å². The Morgan fingerprint density at radius 2 is 1.83 bits per heavy atom. The molecule has 0 aliphatic heterocycles. The highest BCUT2D eigenvalue weighted by Gasteiger charge is 2.63. The van der Waals surface area contributed by atoms with Crippen molar-refractivity contribution in [1.82, 2.24) is 0 Å². The minimum absolute atomic E-state index is 0.488. The zero-order valence-corrected chi connectivity index (χ0v) is 10.3. The van der Waals surface area contributed by atoms with E-state index in [1.54, 1.807) is 30.3 Å². The molecule has 0 aromatic heterocycles. The molecular weight excluding hydrogens is 257 g/mol. The molecule has 18 heavy (non-hydrogen) atoms. The Morgan fingerprint density at radius 1 is 1.28 bits per heavy atom. The third-order valence-electron chi connectivity index (χ3n) is 3.31. The first-order chi connectivity index (χ1) is 8.34. The Kier molecular flexibility index (Phi) is 3.29. The summed E-state index contributed by atoms with van der Waals surface area (Å²) >= 11 is 0. The Morgan fingerprint density at radius 3 is 2.28 bits per heavy atom. The van der Waals surface area contributed by atoms with Crippen LogP contribution in [0.2, 0.25) is 0 Å². The van der Waals surface area contributed by atoms with Crippen LogP contribution in [-0.4, -0.2) is 32.6 Å². The van der Waals surface area contributed by atoms with E-state index in [1.807, 2.05) is 0 Å². The molecule has 1 saturated carbocycles. The molecule has 0 radical (unpaired) electrons. The third kappa shape index (κ3) is 2.33. The number of carboxylic acid groups (broad SMARTS) is 1. The van der Waals surface area contributed by atoms with Crippen LogP contribution < -0.4 is 5.73 Å². The molecule has 1 fully saturated rings. The summed E-state index contributed by atoms with van der Waals surface area (Å²) in [5, 5.41) is 8.86. The number of nitrogens with two attached hydrogens (primary N) is 1. The quantitative estimate of drug-likeness (QED) is 0.587. The van der Waals surface area contributed by atoms with Crippen LogP contribution in [-0.2, 0) is 9.36 Å². The molecule has 98 valence electrons. The fourth-order valence-corrected chi connectivity index (χ4v) is 3.96. The van der Waals surface area contributed by atoms with Crippen LogP contribution in [0, 0.1) is 5.92 Å². The van der Waals surface area contributed by atoms with E-state index in [1.165, 1.54) is 0 Å². The van der Waals surface area contributed by atoms with Crippen molar-refractivity contribution >= 4 is 13.6 Å². The number of carboxylic acids is 1. The van der Waals surface area contributed by atoms with E-state index in [0.717, 1.165) is 0 Å². The van der Waals surface area contributed by atoms with E-state index >= 15 is 0 Å². The second kappa shape index (κ2) is 4.48. The van der Waals surface area contributed by atoms with Gasteiger partial charge in [-0.05, 0) is 5.56 Å². The van der Waals surface area contributed by atoms with Gasteiger partial charge in [0.15, 0.2) is 0 Å². The molecule has 6 nitrogen and oxygen atoms in total. The maximum absolute atomic E-state index is 11.4. The lowest BCUT2D eigenvalue weighted by molar-refractivity contribution is -0.139. The van der Waals surface area contributed by atoms with E-state index in [-0.39, 0.29) is 0 Å². The molecule has 1 aliphatic rings. The summed E-state index contributed by atoms with van der Waals surface area (Å²) in [5.74, 6) is -2.44. The van der Waals surface area contributed by atoms with Gasteiger partial charge in [-0.1, -0.05) is 30.3 Å². The Hall–Kier alpha value is -1.20. The first kappa shape index (κ1) is 13.2. The molecule has 5 N–H and O–H groups in total. The highest BCUT2D eigenvalue weighted by molar-refractivity contribution is 7.53. The molecule has 2 rings (SSSR count). The number of hydrogen-bond donors (Lipinski definition) is 4. The molecule has 1 aromatic rings. The molecular formula is C11H14NO5P. The topological polar surface area (TPSA) is 121 Å². The highest BCUT2D eigenvalue weighted by atomic mass is 31.2. The van der Waals surface area contributed by atoms with Gasteiger partial charge in [-0.25, -0.2) is 0 Å². The van der Waals surface area contributed by atoms with Gasteiger partial charge in [0, 0.05) is 11.8 Å². The summed E-state index contributed by atoms with van der Waals surface area (Å²) in [5.41, 5.74) is 5.21. The van der Waals surface area contributed by atoms with E-state index in [0.29, 0.717) is 5.56 Å². The minimum Gasteiger partial charge on any atom is -0.480 e. The number of hydrogen-bond acceptors (Lipinski definition) is 3. The SMILES string of the molecule is N[C@H](C(=O)O)[C@H]1[C@H](c2ccccc2)[C@@H]1P(=O)(O)O. The number of rotatable bonds is 4. The van der Waals surface area contributed by atoms with E-state index in [4.69, 9.17) is 10.8 Å². The zero-order chi connectivity index (χ0) is 13.5. The normalized spacial score (nSPS) is 28.7. The van der Waals surface area contributed by atoms with Crippen molar-refractivity contribution in [3.05, 3.63) is 35.9 Å². The number of benzene rings is 1. The molecule has 4 atom stereocenters. The maximum Gasteiger partial charge on any atom is 0.329 e. The Balaban J connectivity index is 2.30. The second-order valence-electron chi connectivity index (χ2n) is 4.46. The summed E-state index contributed by atoms with van der Waals surface area (Å²) in [6.07, 6.45) is 0. The van der Waals surface area contributed by atoms with Crippen LogP contribution in [0.5, 0.6) is 0 Å². The summed E-state index contributed by atoms with van der Waals surface area (Å²) in [7, 11) is -4.34. The molecule has 0 spiro atoms. The monoisotopic (exact) mass is 271 g/mol. The van der Waals surface area contributed by atoms with Crippen molar-refractivity contribution in [2.24, 2.45) is 11.7 Å². The van der Waals surface area contributed by atoms with Crippen LogP contribution in [0.1, 0.15) is 11.5 Å². The van der Waals surface area contributed by atoms with E-state index in [2.05, 4.69) is 0 Å². The van der Waals surface area contributed by atoms with Crippen molar-refractivity contribution < 1.29 is 24.3 Å². The standard InChI is InChI=1S/C11H14NO5P/c12-9(11(13)14)8-7(10(8)18(15,16)17)6-4-2-1-3-5-6/h1-5,7-10H,12H2,(H,13,14)(H2,15,16,17)/t7-,8+,9-,10-/m0/s1. The predicted molar refractivity (Wildman–Crippen MR) is 64.1 cm³/mol. The van der Waals surface area contributed by atoms with Gasteiger partial charge >= 0.3 is 13.6 Å². The average molecular weight is 271 g/mol. The number of carbonyl (C=O) groups is 1. The highest BCUT2D eigenvalue weighted by Crippen LogP contribution is 2.67. The third-order valence-corrected chi connectivity index (χ3v) is 4.75. The van der Waals surface area contributed by atoms with Crippen LogP contribution in [0.25, 0.3) is 0 Å². The van der Waals surface area contributed by atoms with Crippen molar-refractivity contribution in [2.45, 2.75) is 17.6 Å². The fourth-order valence-electron chi connectivity index (χ4n) is 2.45. The Labute approximate surface area is 104 Å². The first-order valence-electron chi connectivity index (χ1n) is 5.42. The predicted octanol–water partition coefficient (Wildman–Crippen LogP) is 0.358.